The van der Waals surface area contributed by atoms with Crippen LogP contribution in [-0.4, -0.2) is 50.6 Å². The van der Waals surface area contributed by atoms with E-state index >= 15 is 0 Å². The fraction of sp³-hybridized carbons (Fsp3) is 0.938. The highest BCUT2D eigenvalue weighted by Crippen LogP contribution is 2.40. The highest BCUT2D eigenvalue weighted by molar-refractivity contribution is 14.0. The summed E-state index contributed by atoms with van der Waals surface area (Å²) in [6.07, 6.45) is 6.78. The zero-order valence-corrected chi connectivity index (χ0v) is 16.9. The van der Waals surface area contributed by atoms with Gasteiger partial charge in [0, 0.05) is 32.7 Å². The molecule has 2 N–H and O–H groups in total. The van der Waals surface area contributed by atoms with Gasteiger partial charge in [-0.2, -0.15) is 0 Å². The van der Waals surface area contributed by atoms with E-state index in [0.717, 1.165) is 25.6 Å². The van der Waals surface area contributed by atoms with Gasteiger partial charge in [-0.05, 0) is 45.6 Å². The molecule has 0 aromatic heterocycles. The molecule has 0 atom stereocenters. The van der Waals surface area contributed by atoms with Gasteiger partial charge >= 0.3 is 0 Å². The van der Waals surface area contributed by atoms with E-state index in [-0.39, 0.29) is 24.0 Å². The van der Waals surface area contributed by atoms with Crippen LogP contribution in [0.25, 0.3) is 0 Å². The first-order valence-corrected chi connectivity index (χ1v) is 8.18. The predicted molar refractivity (Wildman–Crippen MR) is 104 cm³/mol. The summed E-state index contributed by atoms with van der Waals surface area (Å²) in [5.74, 6) is 0.946. The van der Waals surface area contributed by atoms with Crippen LogP contribution in [0.3, 0.4) is 0 Å². The molecule has 0 saturated heterocycles. The number of nitrogens with one attached hydrogen (secondary N) is 2. The maximum atomic E-state index is 4.33. The van der Waals surface area contributed by atoms with Crippen LogP contribution in [0.4, 0.5) is 0 Å². The number of hydrogen-bond acceptors (Lipinski definition) is 2. The lowest BCUT2D eigenvalue weighted by molar-refractivity contribution is 0.275. The number of hydrogen-bond donors (Lipinski definition) is 2. The number of likely N-dealkylation sites (N-methyl/N-ethyl adjacent to an activating group) is 1. The van der Waals surface area contributed by atoms with Gasteiger partial charge in [0.25, 0.3) is 0 Å². The van der Waals surface area contributed by atoms with Crippen LogP contribution >= 0.6 is 24.0 Å². The molecule has 0 aliphatic heterocycles. The van der Waals surface area contributed by atoms with E-state index in [2.05, 4.69) is 48.3 Å². The minimum absolute atomic E-state index is 0. The second kappa shape index (κ2) is 10.6. The Labute approximate surface area is 148 Å². The third kappa shape index (κ3) is 7.17. The molecule has 21 heavy (non-hydrogen) atoms. The van der Waals surface area contributed by atoms with Gasteiger partial charge in [0.15, 0.2) is 5.96 Å². The van der Waals surface area contributed by atoms with Gasteiger partial charge in [-0.3, -0.25) is 4.99 Å². The largest absolute Gasteiger partial charge is 0.356 e. The van der Waals surface area contributed by atoms with Crippen molar-refractivity contribution in [2.75, 3.05) is 33.7 Å². The molecule has 5 heteroatoms. The van der Waals surface area contributed by atoms with Gasteiger partial charge in [-0.1, -0.05) is 19.8 Å². The summed E-state index contributed by atoms with van der Waals surface area (Å²) in [5, 5.41) is 6.94. The summed E-state index contributed by atoms with van der Waals surface area (Å²) in [6, 6.07) is 0.591. The first-order chi connectivity index (χ1) is 9.53. The van der Waals surface area contributed by atoms with Crippen molar-refractivity contribution in [1.29, 1.82) is 0 Å². The van der Waals surface area contributed by atoms with Crippen molar-refractivity contribution >= 4 is 29.9 Å². The van der Waals surface area contributed by atoms with Gasteiger partial charge in [0.1, 0.15) is 0 Å². The standard InChI is InChI=1S/C16H34N4.HI/c1-6-16(9-7-8-10-16)13-19-15(17-4)18-11-12-20(5)14(2)3;/h14H,6-13H2,1-5H3,(H2,17,18,19);1H. The molecule has 126 valence electrons. The van der Waals surface area contributed by atoms with E-state index in [0.29, 0.717) is 11.5 Å². The quantitative estimate of drug-likeness (QED) is 0.385. The van der Waals surface area contributed by atoms with Gasteiger partial charge in [-0.15, -0.1) is 24.0 Å². The zero-order chi connectivity index (χ0) is 15.0. The normalized spacial score (nSPS) is 18.0. The number of aliphatic imine (C=N–C) groups is 1. The van der Waals surface area contributed by atoms with Gasteiger partial charge < -0.3 is 15.5 Å². The Hall–Kier alpha value is -0.0400. The lowest BCUT2D eigenvalue weighted by Crippen LogP contribution is -2.45. The maximum Gasteiger partial charge on any atom is 0.191 e. The molecule has 1 aliphatic rings. The molecule has 1 saturated carbocycles. The van der Waals surface area contributed by atoms with E-state index < -0.39 is 0 Å². The van der Waals surface area contributed by atoms with Crippen LogP contribution in [0.2, 0.25) is 0 Å². The Morgan fingerprint density at radius 2 is 1.86 bits per heavy atom. The van der Waals surface area contributed by atoms with E-state index in [4.69, 9.17) is 0 Å². The van der Waals surface area contributed by atoms with Crippen LogP contribution in [0.15, 0.2) is 4.99 Å². The molecule has 0 aromatic rings. The molecule has 0 spiro atoms. The molecule has 1 fully saturated rings. The van der Waals surface area contributed by atoms with E-state index in [9.17, 15) is 0 Å². The average molecular weight is 410 g/mol. The van der Waals surface area contributed by atoms with Gasteiger partial charge in [0.05, 0.1) is 0 Å². The number of rotatable bonds is 7. The van der Waals surface area contributed by atoms with Crippen molar-refractivity contribution in [3.8, 4) is 0 Å². The van der Waals surface area contributed by atoms with Crippen molar-refractivity contribution in [3.05, 3.63) is 0 Å². The molecular formula is C16H35IN4. The summed E-state index contributed by atoms with van der Waals surface area (Å²) in [7, 11) is 4.02. The van der Waals surface area contributed by atoms with Crippen LogP contribution < -0.4 is 10.6 Å². The Morgan fingerprint density at radius 3 is 2.33 bits per heavy atom. The minimum atomic E-state index is 0. The fourth-order valence-electron chi connectivity index (χ4n) is 2.88. The topological polar surface area (TPSA) is 39.7 Å². The molecule has 0 aromatic carbocycles. The van der Waals surface area contributed by atoms with Crippen molar-refractivity contribution < 1.29 is 0 Å². The highest BCUT2D eigenvalue weighted by Gasteiger charge is 2.31. The molecule has 1 aliphatic carbocycles. The van der Waals surface area contributed by atoms with E-state index in [1.807, 2.05) is 7.05 Å². The molecule has 0 unspecified atom stereocenters. The van der Waals surface area contributed by atoms with Gasteiger partial charge in [-0.25, -0.2) is 0 Å². The molecule has 0 heterocycles. The first kappa shape index (κ1) is 21.0. The van der Waals surface area contributed by atoms with Crippen molar-refractivity contribution in [2.45, 2.75) is 58.9 Å². The number of nitrogens with zero attached hydrogens (tertiary/aromatic N) is 2. The van der Waals surface area contributed by atoms with Crippen LogP contribution in [0.5, 0.6) is 0 Å². The first-order valence-electron chi connectivity index (χ1n) is 8.18. The Kier molecular flexibility index (Phi) is 10.6. The Bertz CT molecular complexity index is 299. The minimum Gasteiger partial charge on any atom is -0.356 e. The SMILES string of the molecule is CCC1(CNC(=NC)NCCN(C)C(C)C)CCCC1.I. The summed E-state index contributed by atoms with van der Waals surface area (Å²) >= 11 is 0. The third-order valence-electron chi connectivity index (χ3n) is 4.91. The molecule has 0 radical (unpaired) electrons. The van der Waals surface area contributed by atoms with Crippen molar-refractivity contribution in [2.24, 2.45) is 10.4 Å². The summed E-state index contributed by atoms with van der Waals surface area (Å²) in [5.41, 5.74) is 0.506. The number of guanidine groups is 1. The van der Waals surface area contributed by atoms with E-state index in [1.165, 1.54) is 32.1 Å². The lowest BCUT2D eigenvalue weighted by atomic mass is 9.83. The highest BCUT2D eigenvalue weighted by atomic mass is 127. The second-order valence-corrected chi connectivity index (χ2v) is 6.49. The lowest BCUT2D eigenvalue weighted by Gasteiger charge is -2.29. The van der Waals surface area contributed by atoms with Crippen LogP contribution in [-0.2, 0) is 0 Å². The van der Waals surface area contributed by atoms with Crippen molar-refractivity contribution in [3.63, 3.8) is 0 Å². The third-order valence-corrected chi connectivity index (χ3v) is 4.91. The number of halogens is 1. The smallest absolute Gasteiger partial charge is 0.191 e. The summed E-state index contributed by atoms with van der Waals surface area (Å²) in [4.78, 5) is 6.67. The maximum absolute atomic E-state index is 4.33. The molecule has 0 amide bonds. The zero-order valence-electron chi connectivity index (χ0n) is 14.5. The molecule has 4 nitrogen and oxygen atoms in total. The Balaban J connectivity index is 0.00000400. The average Bonchev–Trinajstić information content (AvgIpc) is 2.91. The second-order valence-electron chi connectivity index (χ2n) is 6.49. The van der Waals surface area contributed by atoms with Crippen molar-refractivity contribution in [1.82, 2.24) is 15.5 Å². The van der Waals surface area contributed by atoms with E-state index in [1.54, 1.807) is 0 Å². The molecule has 1 rings (SSSR count). The monoisotopic (exact) mass is 410 g/mol. The van der Waals surface area contributed by atoms with Crippen LogP contribution in [0.1, 0.15) is 52.9 Å². The van der Waals surface area contributed by atoms with Crippen LogP contribution in [0, 0.1) is 5.41 Å². The molecule has 0 bridgehead atoms. The molecular weight excluding hydrogens is 375 g/mol. The Morgan fingerprint density at radius 1 is 1.24 bits per heavy atom. The fourth-order valence-corrected chi connectivity index (χ4v) is 2.88. The van der Waals surface area contributed by atoms with Gasteiger partial charge in [0.2, 0.25) is 0 Å². The summed E-state index contributed by atoms with van der Waals surface area (Å²) < 4.78 is 0. The summed E-state index contributed by atoms with van der Waals surface area (Å²) in [6.45, 7) is 9.80. The predicted octanol–water partition coefficient (Wildman–Crippen LogP) is 3.08.